The van der Waals surface area contributed by atoms with E-state index in [9.17, 15) is 21.6 Å². The Morgan fingerprint density at radius 1 is 1.00 bits per heavy atom. The molecule has 0 radical (unpaired) electrons. The van der Waals surface area contributed by atoms with E-state index in [0.29, 0.717) is 4.88 Å². The van der Waals surface area contributed by atoms with E-state index in [0.717, 1.165) is 11.6 Å². The van der Waals surface area contributed by atoms with Crippen LogP contribution < -0.4 is 0 Å². The van der Waals surface area contributed by atoms with Gasteiger partial charge in [0.05, 0.1) is 16.3 Å². The molecule has 3 aromatic rings. The quantitative estimate of drug-likeness (QED) is 0.603. The Balaban J connectivity index is 1.98. The van der Waals surface area contributed by atoms with Gasteiger partial charge in [-0.3, -0.25) is 0 Å². The van der Waals surface area contributed by atoms with Crippen molar-refractivity contribution in [3.8, 4) is 10.6 Å². The van der Waals surface area contributed by atoms with Gasteiger partial charge < -0.3 is 0 Å². The van der Waals surface area contributed by atoms with Gasteiger partial charge in [0.25, 0.3) is 0 Å². The standard InChI is InChI=1S/C17H13F3N2O2S2/c18-17(19,20)15-11-13(14-7-4-9-25-14)21-16(22-15)26(23,24)10-8-12-5-2-1-3-6-12/h1-7,9,11H,8,10H2. The zero-order chi connectivity index (χ0) is 18.8. The largest absolute Gasteiger partial charge is 0.433 e. The minimum atomic E-state index is -4.77. The zero-order valence-electron chi connectivity index (χ0n) is 13.3. The number of nitrogens with zero attached hydrogens (tertiary/aromatic N) is 2. The molecule has 0 atom stereocenters. The Morgan fingerprint density at radius 3 is 2.35 bits per heavy atom. The number of sulfone groups is 1. The van der Waals surface area contributed by atoms with E-state index in [2.05, 4.69) is 9.97 Å². The normalized spacial score (nSPS) is 12.3. The summed E-state index contributed by atoms with van der Waals surface area (Å²) in [5.41, 5.74) is -0.559. The van der Waals surface area contributed by atoms with Crippen LogP contribution in [-0.2, 0) is 22.4 Å². The van der Waals surface area contributed by atoms with Crippen molar-refractivity contribution in [3.05, 3.63) is 65.2 Å². The maximum Gasteiger partial charge on any atom is 0.433 e. The van der Waals surface area contributed by atoms with Crippen LogP contribution >= 0.6 is 11.3 Å². The van der Waals surface area contributed by atoms with E-state index < -0.39 is 26.9 Å². The number of rotatable bonds is 5. The molecule has 0 fully saturated rings. The van der Waals surface area contributed by atoms with Crippen molar-refractivity contribution in [2.75, 3.05) is 5.75 Å². The number of aryl methyl sites for hydroxylation is 1. The van der Waals surface area contributed by atoms with Crippen molar-refractivity contribution in [1.29, 1.82) is 0 Å². The van der Waals surface area contributed by atoms with Crippen LogP contribution in [0, 0.1) is 0 Å². The van der Waals surface area contributed by atoms with Gasteiger partial charge in [0.2, 0.25) is 15.0 Å². The Hall–Kier alpha value is -2.26. The number of halogens is 3. The minimum absolute atomic E-state index is 0.0550. The van der Waals surface area contributed by atoms with Crippen LogP contribution in [0.5, 0.6) is 0 Å². The molecule has 0 saturated heterocycles. The maximum atomic E-state index is 13.1. The second kappa shape index (κ2) is 7.16. The molecule has 0 spiro atoms. The fourth-order valence-corrected chi connectivity index (χ4v) is 4.10. The van der Waals surface area contributed by atoms with Crippen molar-refractivity contribution in [1.82, 2.24) is 9.97 Å². The number of hydrogen-bond donors (Lipinski definition) is 0. The fourth-order valence-electron chi connectivity index (χ4n) is 2.25. The topological polar surface area (TPSA) is 59.9 Å². The van der Waals surface area contributed by atoms with E-state index in [-0.39, 0.29) is 17.9 Å². The van der Waals surface area contributed by atoms with Gasteiger partial charge in [-0.25, -0.2) is 18.4 Å². The summed E-state index contributed by atoms with van der Waals surface area (Å²) in [5, 5.41) is 0.875. The van der Waals surface area contributed by atoms with Gasteiger partial charge >= 0.3 is 6.18 Å². The summed E-state index contributed by atoms with van der Waals surface area (Å²) in [5.74, 6) is -0.373. The maximum absolute atomic E-state index is 13.1. The molecule has 0 bridgehead atoms. The second-order valence-electron chi connectivity index (χ2n) is 5.45. The molecule has 0 N–H and O–H groups in total. The van der Waals surface area contributed by atoms with E-state index in [1.807, 2.05) is 0 Å². The van der Waals surface area contributed by atoms with Gasteiger partial charge in [-0.2, -0.15) is 13.2 Å². The highest BCUT2D eigenvalue weighted by atomic mass is 32.2. The van der Waals surface area contributed by atoms with Crippen LogP contribution in [0.1, 0.15) is 11.3 Å². The summed E-state index contributed by atoms with van der Waals surface area (Å²) in [7, 11) is -4.07. The lowest BCUT2D eigenvalue weighted by molar-refractivity contribution is -0.141. The SMILES string of the molecule is O=S(=O)(CCc1ccccc1)c1nc(-c2cccs2)cc(C(F)(F)F)n1. The average Bonchev–Trinajstić information content (AvgIpc) is 3.14. The highest BCUT2D eigenvalue weighted by molar-refractivity contribution is 7.91. The summed E-state index contributed by atoms with van der Waals surface area (Å²) in [6.07, 6.45) is -4.60. The van der Waals surface area contributed by atoms with E-state index in [1.165, 1.54) is 11.3 Å². The molecule has 0 amide bonds. The summed E-state index contributed by atoms with van der Waals surface area (Å²) in [6.45, 7) is 0. The smallest absolute Gasteiger partial charge is 0.220 e. The van der Waals surface area contributed by atoms with Crippen LogP contribution in [0.3, 0.4) is 0 Å². The van der Waals surface area contributed by atoms with Gasteiger partial charge in [0.1, 0.15) is 5.69 Å². The number of benzene rings is 1. The second-order valence-corrected chi connectivity index (χ2v) is 8.40. The molecule has 9 heteroatoms. The molecule has 1 aromatic carbocycles. The molecule has 0 aliphatic heterocycles. The number of hydrogen-bond acceptors (Lipinski definition) is 5. The lowest BCUT2D eigenvalue weighted by Gasteiger charge is -2.10. The first-order chi connectivity index (χ1) is 12.3. The van der Waals surface area contributed by atoms with Crippen molar-refractivity contribution in [2.24, 2.45) is 0 Å². The molecule has 0 aliphatic carbocycles. The minimum Gasteiger partial charge on any atom is -0.220 e. The van der Waals surface area contributed by atoms with Crippen LogP contribution in [0.4, 0.5) is 13.2 Å². The van der Waals surface area contributed by atoms with Gasteiger partial charge in [-0.15, -0.1) is 11.3 Å². The highest BCUT2D eigenvalue weighted by Crippen LogP contribution is 2.32. The van der Waals surface area contributed by atoms with Crippen molar-refractivity contribution in [3.63, 3.8) is 0 Å². The molecule has 0 saturated carbocycles. The Labute approximate surface area is 152 Å². The van der Waals surface area contributed by atoms with Crippen LogP contribution in [-0.4, -0.2) is 24.1 Å². The lowest BCUT2D eigenvalue weighted by Crippen LogP contribution is -2.17. The predicted molar refractivity (Wildman–Crippen MR) is 92.5 cm³/mol. The average molecular weight is 398 g/mol. The van der Waals surface area contributed by atoms with Gasteiger partial charge in [0, 0.05) is 0 Å². The van der Waals surface area contributed by atoms with Gasteiger partial charge in [-0.05, 0) is 29.5 Å². The van der Waals surface area contributed by atoms with E-state index >= 15 is 0 Å². The molecule has 0 unspecified atom stereocenters. The lowest BCUT2D eigenvalue weighted by atomic mass is 10.2. The Kier molecular flexibility index (Phi) is 5.10. The van der Waals surface area contributed by atoms with Crippen LogP contribution in [0.25, 0.3) is 10.6 Å². The summed E-state index contributed by atoms with van der Waals surface area (Å²) in [6, 6.07) is 12.8. The molecule has 2 heterocycles. The van der Waals surface area contributed by atoms with Gasteiger partial charge in [-0.1, -0.05) is 36.4 Å². The molecule has 0 aliphatic rings. The Morgan fingerprint density at radius 2 is 1.73 bits per heavy atom. The third-order valence-corrected chi connectivity index (χ3v) is 5.92. The highest BCUT2D eigenvalue weighted by Gasteiger charge is 2.35. The first-order valence-electron chi connectivity index (χ1n) is 7.52. The summed E-state index contributed by atoms with van der Waals surface area (Å²) >= 11 is 1.17. The summed E-state index contributed by atoms with van der Waals surface area (Å²) in [4.78, 5) is 7.61. The van der Waals surface area contributed by atoms with Crippen molar-refractivity contribution >= 4 is 21.2 Å². The van der Waals surface area contributed by atoms with Crippen LogP contribution in [0.15, 0.2) is 59.1 Å². The summed E-state index contributed by atoms with van der Waals surface area (Å²) < 4.78 is 64.5. The Bertz CT molecular complexity index is 987. The molecule has 136 valence electrons. The first kappa shape index (κ1) is 18.5. The first-order valence-corrected chi connectivity index (χ1v) is 10.1. The third kappa shape index (κ3) is 4.28. The monoisotopic (exact) mass is 398 g/mol. The molecule has 2 aromatic heterocycles. The molecule has 4 nitrogen and oxygen atoms in total. The van der Waals surface area contributed by atoms with Crippen molar-refractivity contribution in [2.45, 2.75) is 17.8 Å². The predicted octanol–water partition coefficient (Wildman–Crippen LogP) is 4.24. The van der Waals surface area contributed by atoms with E-state index in [4.69, 9.17) is 0 Å². The molecule has 3 rings (SSSR count). The molecular weight excluding hydrogens is 385 g/mol. The molecule has 26 heavy (non-hydrogen) atoms. The number of thiophene rings is 1. The molecular formula is C17H13F3N2O2S2. The number of alkyl halides is 3. The van der Waals surface area contributed by atoms with Crippen molar-refractivity contribution < 1.29 is 21.6 Å². The number of aromatic nitrogens is 2. The van der Waals surface area contributed by atoms with Crippen LogP contribution in [0.2, 0.25) is 0 Å². The third-order valence-electron chi connectivity index (χ3n) is 3.55. The fraction of sp³-hybridized carbons (Fsp3) is 0.176. The van der Waals surface area contributed by atoms with Gasteiger partial charge in [0.15, 0.2) is 0 Å². The van der Waals surface area contributed by atoms with E-state index in [1.54, 1.807) is 47.8 Å². The zero-order valence-corrected chi connectivity index (χ0v) is 14.9.